The number of benzene rings is 2. The van der Waals surface area contributed by atoms with Crippen molar-refractivity contribution in [2.45, 2.75) is 58.3 Å². The van der Waals surface area contributed by atoms with E-state index < -0.39 is 11.6 Å². The monoisotopic (exact) mass is 528 g/mol. The molecule has 1 aliphatic heterocycles. The van der Waals surface area contributed by atoms with Gasteiger partial charge in [0.05, 0.1) is 30.1 Å². The number of aryl methyl sites for hydroxylation is 2. The molecule has 0 amide bonds. The summed E-state index contributed by atoms with van der Waals surface area (Å²) in [5, 5.41) is 0. The maximum absolute atomic E-state index is 14.9. The van der Waals surface area contributed by atoms with Gasteiger partial charge in [-0.1, -0.05) is 30.3 Å². The Hall–Kier alpha value is -4.11. The van der Waals surface area contributed by atoms with Crippen LogP contribution in [0.1, 0.15) is 48.5 Å². The molecule has 3 heterocycles. The molecule has 0 saturated carbocycles. The van der Waals surface area contributed by atoms with Crippen molar-refractivity contribution in [2.75, 3.05) is 0 Å². The molecule has 9 heteroatoms. The van der Waals surface area contributed by atoms with E-state index in [0.717, 1.165) is 22.9 Å². The molecule has 3 atom stereocenters. The molecule has 0 radical (unpaired) electrons. The van der Waals surface area contributed by atoms with Gasteiger partial charge in [0.1, 0.15) is 28.7 Å². The summed E-state index contributed by atoms with van der Waals surface area (Å²) < 4.78 is 34.9. The molecule has 1 fully saturated rings. The predicted octanol–water partition coefficient (Wildman–Crippen LogP) is 5.75. The van der Waals surface area contributed by atoms with Crippen LogP contribution in [-0.2, 0) is 11.3 Å². The zero-order valence-corrected chi connectivity index (χ0v) is 22.1. The fourth-order valence-electron chi connectivity index (χ4n) is 4.83. The van der Waals surface area contributed by atoms with Gasteiger partial charge in [-0.15, -0.1) is 0 Å². The van der Waals surface area contributed by atoms with Gasteiger partial charge >= 0.3 is 0 Å². The third kappa shape index (κ3) is 5.83. The minimum absolute atomic E-state index is 0.109. The number of fused-ring (bicyclic) bond motifs is 1. The molecule has 0 spiro atoms. The number of aromatic nitrogens is 4. The lowest BCUT2D eigenvalue weighted by atomic mass is 9.88. The molecule has 3 unspecified atom stereocenters. The lowest BCUT2D eigenvalue weighted by molar-refractivity contribution is -0.0272. The van der Waals surface area contributed by atoms with Gasteiger partial charge < -0.3 is 10.5 Å². The van der Waals surface area contributed by atoms with E-state index in [4.69, 9.17) is 20.4 Å². The van der Waals surface area contributed by atoms with Crippen LogP contribution in [0.15, 0.2) is 65.3 Å². The molecule has 4 aromatic rings. The number of halogens is 2. The molecule has 7 nitrogen and oxygen atoms in total. The van der Waals surface area contributed by atoms with Crippen LogP contribution < -0.4 is 5.73 Å². The lowest BCUT2D eigenvalue weighted by Crippen LogP contribution is -2.33. The molecule has 1 saturated heterocycles. The predicted molar refractivity (Wildman–Crippen MR) is 147 cm³/mol. The molecule has 0 aliphatic carbocycles. The first kappa shape index (κ1) is 26.5. The van der Waals surface area contributed by atoms with Crippen LogP contribution in [-0.4, -0.2) is 38.4 Å². The van der Waals surface area contributed by atoms with Crippen molar-refractivity contribution in [1.29, 1.82) is 0 Å². The SMILES string of the molecule is Cc1nc2nc(C3CC(C)OC(/C(C=NCc4ccccc4)=C/N)C3)nc(-c3ccc(F)cc3F)c2nc1C. The second-order valence-electron chi connectivity index (χ2n) is 9.85. The molecular weight excluding hydrogens is 498 g/mol. The van der Waals surface area contributed by atoms with Gasteiger partial charge in [0.15, 0.2) is 5.65 Å². The topological polar surface area (TPSA) is 99.2 Å². The Morgan fingerprint density at radius 1 is 1.03 bits per heavy atom. The van der Waals surface area contributed by atoms with Crippen LogP contribution in [0.2, 0.25) is 0 Å². The van der Waals surface area contributed by atoms with Crippen molar-refractivity contribution in [2.24, 2.45) is 10.7 Å². The van der Waals surface area contributed by atoms with Crippen LogP contribution >= 0.6 is 0 Å². The molecule has 5 rings (SSSR count). The van der Waals surface area contributed by atoms with Crippen LogP contribution in [0.3, 0.4) is 0 Å². The van der Waals surface area contributed by atoms with E-state index >= 15 is 0 Å². The second-order valence-corrected chi connectivity index (χ2v) is 9.85. The standard InChI is InChI=1S/C30H30F2N6O/c1-17-11-21(12-26(39-17)22(14-33)16-34-15-20-7-5-4-6-8-20)29-37-27(24-10-9-23(31)13-25(24)32)28-30(38-29)36-19(3)18(2)35-28/h4-10,13-14,16-17,21,26H,11-12,15,33H2,1-3H3/b22-14+,34-16?. The Kier molecular flexibility index (Phi) is 7.70. The zero-order valence-electron chi connectivity index (χ0n) is 22.1. The molecule has 1 aliphatic rings. The van der Waals surface area contributed by atoms with E-state index in [1.165, 1.54) is 18.3 Å². The fourth-order valence-corrected chi connectivity index (χ4v) is 4.83. The van der Waals surface area contributed by atoms with Gasteiger partial charge in [-0.3, -0.25) is 4.99 Å². The highest BCUT2D eigenvalue weighted by atomic mass is 19.1. The Labute approximate surface area is 225 Å². The Balaban J connectivity index is 1.50. The summed E-state index contributed by atoms with van der Waals surface area (Å²) in [6.45, 7) is 6.19. The molecule has 200 valence electrons. The summed E-state index contributed by atoms with van der Waals surface area (Å²) in [5.74, 6) is -0.992. The third-order valence-corrected chi connectivity index (χ3v) is 6.94. The summed E-state index contributed by atoms with van der Waals surface area (Å²) >= 11 is 0. The number of nitrogens with two attached hydrogens (primary N) is 1. The van der Waals surface area contributed by atoms with Crippen LogP contribution in [0.25, 0.3) is 22.4 Å². The fraction of sp³-hybridized carbons (Fsp3) is 0.300. The zero-order chi connectivity index (χ0) is 27.5. The van der Waals surface area contributed by atoms with Crippen LogP contribution in [0.4, 0.5) is 8.78 Å². The van der Waals surface area contributed by atoms with Crippen molar-refractivity contribution < 1.29 is 13.5 Å². The number of hydrogen-bond donors (Lipinski definition) is 1. The van der Waals surface area contributed by atoms with E-state index in [0.29, 0.717) is 42.1 Å². The Morgan fingerprint density at radius 3 is 2.54 bits per heavy atom. The maximum atomic E-state index is 14.9. The average molecular weight is 529 g/mol. The number of nitrogens with zero attached hydrogens (tertiary/aromatic N) is 5. The minimum atomic E-state index is -0.720. The number of aliphatic imine (C=N–C) groups is 1. The number of hydrogen-bond acceptors (Lipinski definition) is 7. The van der Waals surface area contributed by atoms with Crippen LogP contribution in [0, 0.1) is 25.5 Å². The quantitative estimate of drug-likeness (QED) is 0.320. The van der Waals surface area contributed by atoms with Gasteiger partial charge in [-0.2, -0.15) is 0 Å². The molecule has 2 aromatic carbocycles. The Morgan fingerprint density at radius 2 is 1.79 bits per heavy atom. The highest BCUT2D eigenvalue weighted by Gasteiger charge is 2.32. The first-order valence-electron chi connectivity index (χ1n) is 12.9. The van der Waals surface area contributed by atoms with E-state index in [1.807, 2.05) is 51.1 Å². The van der Waals surface area contributed by atoms with Crippen molar-refractivity contribution in [3.05, 3.63) is 94.7 Å². The number of ether oxygens (including phenoxy) is 1. The summed E-state index contributed by atoms with van der Waals surface area (Å²) in [4.78, 5) is 23.4. The second kappa shape index (κ2) is 11.3. The van der Waals surface area contributed by atoms with Crippen molar-refractivity contribution in [3.63, 3.8) is 0 Å². The van der Waals surface area contributed by atoms with Gasteiger partial charge in [-0.25, -0.2) is 28.7 Å². The van der Waals surface area contributed by atoms with Crippen molar-refractivity contribution in [3.8, 4) is 11.3 Å². The normalized spacial score (nSPS) is 20.1. The van der Waals surface area contributed by atoms with Gasteiger partial charge in [-0.05, 0) is 51.3 Å². The largest absolute Gasteiger partial charge is 0.404 e. The summed E-state index contributed by atoms with van der Waals surface area (Å²) in [7, 11) is 0. The van der Waals surface area contributed by atoms with Gasteiger partial charge in [0.25, 0.3) is 0 Å². The summed E-state index contributed by atoms with van der Waals surface area (Å²) in [5.41, 5.74) is 10.4. The Bertz CT molecular complexity index is 1560. The van der Waals surface area contributed by atoms with Crippen molar-refractivity contribution >= 4 is 17.4 Å². The van der Waals surface area contributed by atoms with E-state index in [9.17, 15) is 8.78 Å². The van der Waals surface area contributed by atoms with Gasteiger partial charge in [0, 0.05) is 35.5 Å². The maximum Gasteiger partial charge on any atom is 0.182 e. The van der Waals surface area contributed by atoms with Crippen molar-refractivity contribution in [1.82, 2.24) is 19.9 Å². The van der Waals surface area contributed by atoms with E-state index in [1.54, 1.807) is 6.21 Å². The average Bonchev–Trinajstić information content (AvgIpc) is 2.92. The third-order valence-electron chi connectivity index (χ3n) is 6.94. The first-order chi connectivity index (χ1) is 18.8. The van der Waals surface area contributed by atoms with E-state index in [-0.39, 0.29) is 29.4 Å². The number of rotatable bonds is 6. The molecule has 2 N–H and O–H groups in total. The lowest BCUT2D eigenvalue weighted by Gasteiger charge is -2.33. The smallest absolute Gasteiger partial charge is 0.182 e. The van der Waals surface area contributed by atoms with Crippen LogP contribution in [0.5, 0.6) is 0 Å². The minimum Gasteiger partial charge on any atom is -0.404 e. The molecule has 0 bridgehead atoms. The van der Waals surface area contributed by atoms with E-state index in [2.05, 4.69) is 15.0 Å². The molecule has 39 heavy (non-hydrogen) atoms. The molecular formula is C30H30F2N6O. The van der Waals surface area contributed by atoms with Gasteiger partial charge in [0.2, 0.25) is 0 Å². The first-order valence-corrected chi connectivity index (χ1v) is 12.9. The molecule has 2 aromatic heterocycles. The highest BCUT2D eigenvalue weighted by molar-refractivity contribution is 5.87. The highest BCUT2D eigenvalue weighted by Crippen LogP contribution is 2.36. The summed E-state index contributed by atoms with van der Waals surface area (Å²) in [6.07, 6.45) is 4.06. The summed E-state index contributed by atoms with van der Waals surface area (Å²) in [6, 6.07) is 13.4.